The molecule has 49 heavy (non-hydrogen) atoms. The van der Waals surface area contributed by atoms with Crippen LogP contribution in [0.15, 0.2) is 53.5 Å². The van der Waals surface area contributed by atoms with Gasteiger partial charge in [-0.1, -0.05) is 61.3 Å². The van der Waals surface area contributed by atoms with Gasteiger partial charge in [0, 0.05) is 25.6 Å². The molecule has 0 aromatic heterocycles. The van der Waals surface area contributed by atoms with Crippen LogP contribution >= 0.6 is 0 Å². The number of carbonyl (C=O) groups excluding carboxylic acids is 1. The first kappa shape index (κ1) is 38.2. The lowest BCUT2D eigenvalue weighted by Gasteiger charge is -2.29. The molecule has 0 N–H and O–H groups in total. The van der Waals surface area contributed by atoms with Crippen LogP contribution in [-0.2, 0) is 42.8 Å². The van der Waals surface area contributed by atoms with Crippen LogP contribution in [0.2, 0.25) is 0 Å². The second-order valence-corrected chi connectivity index (χ2v) is 15.8. The number of ether oxygens (including phenoxy) is 5. The Kier molecular flexibility index (Phi) is 15.2. The maximum Gasteiger partial charge on any atom is 0.308 e. The summed E-state index contributed by atoms with van der Waals surface area (Å²) in [7, 11) is -2.53. The van der Waals surface area contributed by atoms with Crippen molar-refractivity contribution in [2.45, 2.75) is 133 Å². The highest BCUT2D eigenvalue weighted by Gasteiger charge is 2.46. The maximum atomic E-state index is 13.6. The van der Waals surface area contributed by atoms with Crippen molar-refractivity contribution in [1.29, 1.82) is 0 Å². The van der Waals surface area contributed by atoms with E-state index in [2.05, 4.69) is 18.2 Å². The predicted octanol–water partition coefficient (Wildman–Crippen LogP) is 7.81. The summed E-state index contributed by atoms with van der Waals surface area (Å²) in [5.74, 6) is -0.0997. The molecule has 2 saturated heterocycles. The van der Waals surface area contributed by atoms with Crippen molar-refractivity contribution in [3.05, 3.63) is 54.1 Å². The Balaban J connectivity index is 1.32. The molecule has 10 heteroatoms. The minimum absolute atomic E-state index is 0.0886. The molecule has 9 nitrogen and oxygen atoms in total. The highest BCUT2D eigenvalue weighted by molar-refractivity contribution is 7.86. The van der Waals surface area contributed by atoms with Crippen molar-refractivity contribution in [3.63, 3.8) is 0 Å². The first-order valence-electron chi connectivity index (χ1n) is 18.7. The van der Waals surface area contributed by atoms with Crippen LogP contribution in [0.1, 0.15) is 102 Å². The zero-order valence-electron chi connectivity index (χ0n) is 29.5. The Morgan fingerprint density at radius 1 is 0.878 bits per heavy atom. The van der Waals surface area contributed by atoms with Gasteiger partial charge in [0.15, 0.2) is 12.6 Å². The molecule has 1 aromatic carbocycles. The zero-order chi connectivity index (χ0) is 34.5. The predicted molar refractivity (Wildman–Crippen MR) is 187 cm³/mol. The number of aryl methyl sites for hydroxylation is 1. The Morgan fingerprint density at radius 2 is 1.57 bits per heavy atom. The van der Waals surface area contributed by atoms with E-state index >= 15 is 0 Å². The van der Waals surface area contributed by atoms with E-state index in [4.69, 9.17) is 27.9 Å². The van der Waals surface area contributed by atoms with E-state index < -0.39 is 16.2 Å². The number of esters is 1. The third kappa shape index (κ3) is 11.5. The van der Waals surface area contributed by atoms with Crippen LogP contribution < -0.4 is 0 Å². The van der Waals surface area contributed by atoms with Crippen molar-refractivity contribution in [1.82, 2.24) is 0 Å². The van der Waals surface area contributed by atoms with E-state index in [9.17, 15) is 13.2 Å². The molecule has 4 aliphatic rings. The second-order valence-electron chi connectivity index (χ2n) is 14.2. The smallest absolute Gasteiger partial charge is 0.308 e. The van der Waals surface area contributed by atoms with E-state index in [0.29, 0.717) is 32.0 Å². The monoisotopic (exact) mass is 702 g/mol. The number of hydrogen-bond donors (Lipinski definition) is 0. The van der Waals surface area contributed by atoms with Crippen molar-refractivity contribution in [3.8, 4) is 0 Å². The summed E-state index contributed by atoms with van der Waals surface area (Å²) in [6.07, 6.45) is 21.2. The molecule has 274 valence electrons. The summed E-state index contributed by atoms with van der Waals surface area (Å²) < 4.78 is 62.7. The molecule has 2 saturated carbocycles. The summed E-state index contributed by atoms with van der Waals surface area (Å²) >= 11 is 0. The van der Waals surface area contributed by atoms with Gasteiger partial charge < -0.3 is 23.7 Å². The molecule has 0 bridgehead atoms. The van der Waals surface area contributed by atoms with Crippen LogP contribution in [0.25, 0.3) is 0 Å². The number of methoxy groups -OCH3 is 1. The third-order valence-corrected chi connectivity index (χ3v) is 12.1. The Labute approximate surface area is 294 Å². The minimum Gasteiger partial charge on any atom is -0.469 e. The maximum absolute atomic E-state index is 13.6. The van der Waals surface area contributed by atoms with Crippen LogP contribution in [-0.4, -0.2) is 66.1 Å². The van der Waals surface area contributed by atoms with Crippen molar-refractivity contribution in [2.24, 2.45) is 23.7 Å². The molecule has 0 radical (unpaired) electrons. The van der Waals surface area contributed by atoms with Gasteiger partial charge in [-0.05, 0) is 102 Å². The average Bonchev–Trinajstić information content (AvgIpc) is 3.43. The third-order valence-electron chi connectivity index (χ3n) is 10.7. The van der Waals surface area contributed by atoms with Gasteiger partial charge in [-0.3, -0.25) is 8.98 Å². The summed E-state index contributed by atoms with van der Waals surface area (Å²) in [5, 5.41) is 0. The number of rotatable bonds is 16. The van der Waals surface area contributed by atoms with Crippen LogP contribution in [0.5, 0.6) is 0 Å². The summed E-state index contributed by atoms with van der Waals surface area (Å²) in [6.45, 7) is 3.71. The molecule has 0 spiro atoms. The van der Waals surface area contributed by atoms with Gasteiger partial charge in [0.1, 0.15) is 0 Å². The summed E-state index contributed by atoms with van der Waals surface area (Å²) in [5.41, 5.74) is 0.979. The van der Waals surface area contributed by atoms with E-state index in [1.54, 1.807) is 24.3 Å². The standard InChI is InChI=1S/C39H58O9S/c1-29-21-23-31(24-22-29)49(41,42)48-36-28-35(47-38-20-10-12-26-46-38)33(18-13-27-45-37-19-9-11-25-44-37)34(36)17-8-4-7-16-32(39(40)43-2)30-14-5-3-6-15-30/h4,8,13,18,21-24,30,32-38H,3,5-7,9-12,14-17,19-20,25-28H2,1-2H3/t32?,33-,34-,35-,36-,37?,38?/m1/s1. The highest BCUT2D eigenvalue weighted by Crippen LogP contribution is 2.42. The number of benzene rings is 1. The molecule has 2 aliphatic carbocycles. The molecule has 0 amide bonds. The van der Waals surface area contributed by atoms with E-state index in [1.165, 1.54) is 26.4 Å². The minimum atomic E-state index is -4.01. The summed E-state index contributed by atoms with van der Waals surface area (Å²) in [4.78, 5) is 12.8. The SMILES string of the molecule is COC(=O)C(CCC=CC[C@@H]1[C@@H](C=CCOC2CCCCO2)[C@H](OC2CCCCO2)C[C@H]1OS(=O)(=O)c1ccc(C)cc1)C1CCCCC1. The number of allylic oxidation sites excluding steroid dienone is 2. The lowest BCUT2D eigenvalue weighted by Crippen LogP contribution is -2.30. The molecule has 4 fully saturated rings. The van der Waals surface area contributed by atoms with Gasteiger partial charge in [-0.2, -0.15) is 8.42 Å². The Bertz CT molecular complexity index is 1290. The molecule has 5 rings (SSSR count). The fourth-order valence-electron chi connectivity index (χ4n) is 7.95. The molecule has 3 unspecified atom stereocenters. The average molecular weight is 703 g/mol. The molecule has 7 atom stereocenters. The van der Waals surface area contributed by atoms with Gasteiger partial charge in [0.2, 0.25) is 0 Å². The molecular formula is C39H58O9S. The second kappa shape index (κ2) is 19.5. The van der Waals surface area contributed by atoms with Crippen LogP contribution in [0, 0.1) is 30.6 Å². The van der Waals surface area contributed by atoms with Crippen molar-refractivity contribution < 1.29 is 41.1 Å². The van der Waals surface area contributed by atoms with Crippen molar-refractivity contribution >= 4 is 16.1 Å². The van der Waals surface area contributed by atoms with Gasteiger partial charge in [0.25, 0.3) is 10.1 Å². The Morgan fingerprint density at radius 3 is 2.24 bits per heavy atom. The molecule has 1 aromatic rings. The van der Waals surface area contributed by atoms with Crippen LogP contribution in [0.4, 0.5) is 0 Å². The normalized spacial score (nSPS) is 29.4. The largest absolute Gasteiger partial charge is 0.469 e. The fraction of sp³-hybridized carbons (Fsp3) is 0.718. The van der Waals surface area contributed by atoms with Crippen molar-refractivity contribution in [2.75, 3.05) is 26.9 Å². The van der Waals surface area contributed by atoms with Gasteiger partial charge in [0.05, 0.1) is 36.7 Å². The molecular weight excluding hydrogens is 644 g/mol. The van der Waals surface area contributed by atoms with Gasteiger partial charge in [-0.25, -0.2) is 0 Å². The topological polar surface area (TPSA) is 107 Å². The molecule has 2 aliphatic heterocycles. The first-order valence-corrected chi connectivity index (χ1v) is 20.1. The zero-order valence-corrected chi connectivity index (χ0v) is 30.4. The van der Waals surface area contributed by atoms with Gasteiger partial charge >= 0.3 is 5.97 Å². The van der Waals surface area contributed by atoms with E-state index in [-0.39, 0.29) is 47.3 Å². The number of carbonyl (C=O) groups is 1. The summed E-state index contributed by atoms with van der Waals surface area (Å²) in [6, 6.07) is 6.77. The highest BCUT2D eigenvalue weighted by atomic mass is 32.2. The van der Waals surface area contributed by atoms with E-state index in [0.717, 1.165) is 76.4 Å². The fourth-order valence-corrected chi connectivity index (χ4v) is 9.08. The first-order chi connectivity index (χ1) is 23.8. The lowest BCUT2D eigenvalue weighted by atomic mass is 9.78. The lowest BCUT2D eigenvalue weighted by molar-refractivity contribution is -0.193. The Hall–Kier alpha value is -2.08. The van der Waals surface area contributed by atoms with E-state index in [1.807, 2.05) is 13.0 Å². The quantitative estimate of drug-likeness (QED) is 0.0969. The number of hydrogen-bond acceptors (Lipinski definition) is 9. The van der Waals surface area contributed by atoms with Crippen LogP contribution in [0.3, 0.4) is 0 Å². The van der Waals surface area contributed by atoms with Gasteiger partial charge in [-0.15, -0.1) is 0 Å². The molecule has 2 heterocycles.